The van der Waals surface area contributed by atoms with E-state index >= 15 is 0 Å². The van der Waals surface area contributed by atoms with Gasteiger partial charge in [-0.25, -0.2) is 0 Å². The van der Waals surface area contributed by atoms with Crippen LogP contribution in [-0.2, 0) is 12.8 Å². The highest BCUT2D eigenvalue weighted by atomic mass is 32.2. The molecule has 0 aliphatic heterocycles. The quantitative estimate of drug-likeness (QED) is 0.463. The Kier molecular flexibility index (Phi) is 7.40. The van der Waals surface area contributed by atoms with Crippen molar-refractivity contribution in [1.82, 2.24) is 0 Å². The van der Waals surface area contributed by atoms with Gasteiger partial charge >= 0.3 is 0 Å². The van der Waals surface area contributed by atoms with Crippen molar-refractivity contribution in [2.45, 2.75) is 87.8 Å². The first-order chi connectivity index (χ1) is 14.2. The largest absolute Gasteiger partial charge is 0.0895 e. The maximum Gasteiger partial charge on any atom is 0.0154 e. The minimum atomic E-state index is 0.865. The smallest absolute Gasteiger partial charge is 0.0154 e. The molecule has 2 aliphatic carbocycles. The molecule has 2 saturated carbocycles. The summed E-state index contributed by atoms with van der Waals surface area (Å²) in [6.45, 7) is 4.94. The second-order valence-corrected chi connectivity index (χ2v) is 10.9. The van der Waals surface area contributed by atoms with Crippen LogP contribution in [0, 0.1) is 23.7 Å². The molecule has 0 amide bonds. The van der Waals surface area contributed by atoms with E-state index in [1.54, 1.807) is 11.1 Å². The fourth-order valence-corrected chi connectivity index (χ4v) is 6.72. The first-order valence-corrected chi connectivity index (χ1v) is 12.9. The third kappa shape index (κ3) is 5.48. The predicted molar refractivity (Wildman–Crippen MR) is 127 cm³/mol. The van der Waals surface area contributed by atoms with E-state index in [0.29, 0.717) is 0 Å². The van der Waals surface area contributed by atoms with Crippen molar-refractivity contribution in [3.8, 4) is 0 Å². The van der Waals surface area contributed by atoms with Gasteiger partial charge in [0, 0.05) is 9.79 Å². The van der Waals surface area contributed by atoms with Crippen molar-refractivity contribution >= 4 is 11.8 Å². The van der Waals surface area contributed by atoms with Gasteiger partial charge in [0.15, 0.2) is 0 Å². The van der Waals surface area contributed by atoms with Gasteiger partial charge in [-0.3, -0.25) is 0 Å². The molecule has 0 aromatic heterocycles. The van der Waals surface area contributed by atoms with Crippen molar-refractivity contribution in [3.63, 3.8) is 0 Å². The van der Waals surface area contributed by atoms with E-state index in [2.05, 4.69) is 62.4 Å². The van der Waals surface area contributed by atoms with Crippen LogP contribution < -0.4 is 0 Å². The third-order valence-electron chi connectivity index (χ3n) is 7.71. The summed E-state index contributed by atoms with van der Waals surface area (Å²) in [4.78, 5) is 2.96. The molecule has 156 valence electrons. The lowest BCUT2D eigenvalue weighted by molar-refractivity contribution is 0.253. The van der Waals surface area contributed by atoms with Gasteiger partial charge < -0.3 is 0 Å². The number of benzene rings is 2. The Hall–Kier alpha value is -1.21. The van der Waals surface area contributed by atoms with Gasteiger partial charge in [0.05, 0.1) is 0 Å². The Bertz CT molecular complexity index is 714. The van der Waals surface area contributed by atoms with Gasteiger partial charge in [-0.15, -0.1) is 0 Å². The molecule has 4 unspecified atom stereocenters. The van der Waals surface area contributed by atoms with Crippen LogP contribution in [0.2, 0.25) is 0 Å². The average molecular weight is 407 g/mol. The average Bonchev–Trinajstić information content (AvgIpc) is 2.74. The normalized spacial score (nSPS) is 27.7. The Morgan fingerprint density at radius 2 is 1.03 bits per heavy atom. The fourth-order valence-electron chi connectivity index (χ4n) is 5.62. The van der Waals surface area contributed by atoms with E-state index in [1.165, 1.54) is 74.0 Å². The molecule has 29 heavy (non-hydrogen) atoms. The molecule has 1 heteroatoms. The molecule has 0 N–H and O–H groups in total. The van der Waals surface area contributed by atoms with Crippen LogP contribution in [0.15, 0.2) is 58.3 Å². The van der Waals surface area contributed by atoms with Gasteiger partial charge in [0.2, 0.25) is 0 Å². The predicted octanol–water partition coefficient (Wildman–Crippen LogP) is 8.58. The maximum atomic E-state index is 2.47. The van der Waals surface area contributed by atoms with Gasteiger partial charge in [-0.05, 0) is 72.6 Å². The fraction of sp³-hybridized carbons (Fsp3) is 0.571. The summed E-state index contributed by atoms with van der Waals surface area (Å²) in [6.07, 6.45) is 13.9. The second-order valence-electron chi connectivity index (χ2n) is 9.77. The summed E-state index contributed by atoms with van der Waals surface area (Å²) >= 11 is 2.02. The lowest BCUT2D eigenvalue weighted by atomic mass is 9.77. The van der Waals surface area contributed by atoms with E-state index in [1.807, 2.05) is 11.8 Å². The maximum absolute atomic E-state index is 2.47. The Morgan fingerprint density at radius 3 is 1.48 bits per heavy atom. The van der Waals surface area contributed by atoms with Gasteiger partial charge in [0.25, 0.3) is 0 Å². The highest BCUT2D eigenvalue weighted by Gasteiger charge is 2.24. The lowest BCUT2D eigenvalue weighted by Gasteiger charge is -2.30. The van der Waals surface area contributed by atoms with Crippen molar-refractivity contribution < 1.29 is 0 Å². The molecule has 4 rings (SSSR count). The minimum Gasteiger partial charge on any atom is -0.0895 e. The summed E-state index contributed by atoms with van der Waals surface area (Å²) in [5.41, 5.74) is 3.13. The lowest BCUT2D eigenvalue weighted by Crippen LogP contribution is -2.19. The molecule has 2 fully saturated rings. The summed E-state index contributed by atoms with van der Waals surface area (Å²) in [5.74, 6) is 3.48. The molecular weight excluding hydrogens is 368 g/mol. The first kappa shape index (κ1) is 21.0. The molecule has 0 heterocycles. The summed E-state index contributed by atoms with van der Waals surface area (Å²) in [5, 5.41) is 0. The van der Waals surface area contributed by atoms with Crippen molar-refractivity contribution in [1.29, 1.82) is 0 Å². The Labute approximate surface area is 182 Å². The van der Waals surface area contributed by atoms with Crippen LogP contribution in [0.5, 0.6) is 0 Å². The molecule has 2 aromatic carbocycles. The third-order valence-corrected chi connectivity index (χ3v) is 8.94. The molecule has 2 aromatic rings. The van der Waals surface area contributed by atoms with Crippen molar-refractivity contribution in [3.05, 3.63) is 59.7 Å². The van der Waals surface area contributed by atoms with E-state index in [4.69, 9.17) is 0 Å². The molecular formula is C28H38S. The highest BCUT2D eigenvalue weighted by molar-refractivity contribution is 7.99. The van der Waals surface area contributed by atoms with Gasteiger partial charge in [-0.2, -0.15) is 0 Å². The zero-order valence-electron chi connectivity index (χ0n) is 18.4. The van der Waals surface area contributed by atoms with Gasteiger partial charge in [0.1, 0.15) is 0 Å². The number of hydrogen-bond donors (Lipinski definition) is 0. The summed E-state index contributed by atoms with van der Waals surface area (Å²) in [7, 11) is 0. The van der Waals surface area contributed by atoms with E-state index in [0.717, 1.165) is 23.7 Å². The zero-order chi connectivity index (χ0) is 20.1. The summed E-state index contributed by atoms with van der Waals surface area (Å²) < 4.78 is 0. The number of rotatable bonds is 6. The van der Waals surface area contributed by atoms with E-state index in [9.17, 15) is 0 Å². The molecule has 0 radical (unpaired) electrons. The van der Waals surface area contributed by atoms with Gasteiger partial charge in [-0.1, -0.05) is 101 Å². The topological polar surface area (TPSA) is 0 Å². The first-order valence-electron chi connectivity index (χ1n) is 12.0. The standard InChI is InChI=1S/C28H38S/c1-21-11-3-5-13-23(21)19-25-15-7-9-17-27(25)29-28-18-10-8-16-26(28)20-24-14-6-4-12-22(24)2/h7-10,15-18,21-24H,3-6,11-14,19-20H2,1-2H3. The van der Waals surface area contributed by atoms with E-state index < -0.39 is 0 Å². The molecule has 4 atom stereocenters. The van der Waals surface area contributed by atoms with Crippen LogP contribution in [0.1, 0.15) is 76.3 Å². The zero-order valence-corrected chi connectivity index (χ0v) is 19.2. The summed E-state index contributed by atoms with van der Waals surface area (Å²) in [6, 6.07) is 18.4. The SMILES string of the molecule is CC1CCCCC1Cc1ccccc1Sc1ccccc1CC1CCCCC1C. The second kappa shape index (κ2) is 10.2. The van der Waals surface area contributed by atoms with Crippen LogP contribution in [-0.4, -0.2) is 0 Å². The van der Waals surface area contributed by atoms with Crippen LogP contribution in [0.4, 0.5) is 0 Å². The van der Waals surface area contributed by atoms with Crippen LogP contribution in [0.25, 0.3) is 0 Å². The highest BCUT2D eigenvalue weighted by Crippen LogP contribution is 2.39. The number of hydrogen-bond acceptors (Lipinski definition) is 1. The molecule has 0 bridgehead atoms. The monoisotopic (exact) mass is 406 g/mol. The van der Waals surface area contributed by atoms with E-state index in [-0.39, 0.29) is 0 Å². The van der Waals surface area contributed by atoms with Crippen molar-refractivity contribution in [2.24, 2.45) is 23.7 Å². The molecule has 0 spiro atoms. The minimum absolute atomic E-state index is 0.865. The Morgan fingerprint density at radius 1 is 0.621 bits per heavy atom. The molecule has 0 nitrogen and oxygen atoms in total. The molecule has 0 saturated heterocycles. The Balaban J connectivity index is 1.51. The van der Waals surface area contributed by atoms with Crippen LogP contribution >= 0.6 is 11.8 Å². The van der Waals surface area contributed by atoms with Crippen molar-refractivity contribution in [2.75, 3.05) is 0 Å². The van der Waals surface area contributed by atoms with Crippen LogP contribution in [0.3, 0.4) is 0 Å². The molecule has 2 aliphatic rings.